The highest BCUT2D eigenvalue weighted by molar-refractivity contribution is 5.65. The van der Waals surface area contributed by atoms with Gasteiger partial charge in [0.25, 0.3) is 0 Å². The lowest BCUT2D eigenvalue weighted by Gasteiger charge is -2.04. The lowest BCUT2D eigenvalue weighted by Crippen LogP contribution is -1.97. The third-order valence-corrected chi connectivity index (χ3v) is 2.47. The van der Waals surface area contributed by atoms with Crippen LogP contribution in [-0.2, 0) is 6.61 Å². The van der Waals surface area contributed by atoms with E-state index in [1.54, 1.807) is 13.0 Å². The van der Waals surface area contributed by atoms with Crippen molar-refractivity contribution in [3.8, 4) is 17.0 Å². The number of aliphatic hydroxyl groups excluding tert-OH is 1. The molecule has 100 valence electrons. The van der Waals surface area contributed by atoms with E-state index in [0.29, 0.717) is 23.6 Å². The van der Waals surface area contributed by atoms with Crippen LogP contribution >= 0.6 is 0 Å². The number of ether oxygens (including phenoxy) is 1. The summed E-state index contributed by atoms with van der Waals surface area (Å²) in [6.45, 7) is 1.83. The van der Waals surface area contributed by atoms with Gasteiger partial charge in [0.05, 0.1) is 11.5 Å². The van der Waals surface area contributed by atoms with Gasteiger partial charge in [0.1, 0.15) is 12.3 Å². The van der Waals surface area contributed by atoms with Gasteiger partial charge in [-0.05, 0) is 19.1 Å². The smallest absolute Gasteiger partial charge is 0.311 e. The van der Waals surface area contributed by atoms with Gasteiger partial charge in [-0.2, -0.15) is 0 Å². The van der Waals surface area contributed by atoms with Crippen LogP contribution in [0.2, 0.25) is 0 Å². The van der Waals surface area contributed by atoms with Crippen molar-refractivity contribution in [2.24, 2.45) is 0 Å². The first kappa shape index (κ1) is 13.0. The van der Waals surface area contributed by atoms with Crippen LogP contribution in [0, 0.1) is 10.1 Å². The van der Waals surface area contributed by atoms with Crippen molar-refractivity contribution in [1.82, 2.24) is 5.16 Å². The molecule has 1 aromatic carbocycles. The van der Waals surface area contributed by atoms with Gasteiger partial charge in [-0.1, -0.05) is 5.16 Å². The standard InChI is InChI=1S/C12H12N2O5/c1-2-18-12-4-3-8(5-11(12)14(16)17)10-6-9(7-15)19-13-10/h3-6,15H,2,7H2,1H3. The average Bonchev–Trinajstić information content (AvgIpc) is 2.88. The second-order valence-electron chi connectivity index (χ2n) is 3.71. The molecule has 0 saturated carbocycles. The minimum absolute atomic E-state index is 0.132. The molecule has 0 saturated heterocycles. The van der Waals surface area contributed by atoms with Gasteiger partial charge in [-0.3, -0.25) is 10.1 Å². The third-order valence-electron chi connectivity index (χ3n) is 2.47. The molecule has 0 aliphatic carbocycles. The second-order valence-corrected chi connectivity index (χ2v) is 3.71. The van der Waals surface area contributed by atoms with Crippen molar-refractivity contribution >= 4 is 5.69 Å². The summed E-state index contributed by atoms with van der Waals surface area (Å²) in [5.74, 6) is 0.508. The minimum atomic E-state index is -0.512. The number of nitrogens with zero attached hydrogens (tertiary/aromatic N) is 2. The quantitative estimate of drug-likeness (QED) is 0.656. The van der Waals surface area contributed by atoms with Gasteiger partial charge in [0, 0.05) is 17.7 Å². The van der Waals surface area contributed by atoms with Crippen molar-refractivity contribution < 1.29 is 19.3 Å². The molecule has 0 radical (unpaired) electrons. The van der Waals surface area contributed by atoms with Crippen LogP contribution in [0.5, 0.6) is 5.75 Å². The largest absolute Gasteiger partial charge is 0.487 e. The van der Waals surface area contributed by atoms with Crippen LogP contribution in [0.25, 0.3) is 11.3 Å². The Kier molecular flexibility index (Phi) is 3.76. The molecule has 0 unspecified atom stereocenters. The molecule has 19 heavy (non-hydrogen) atoms. The molecule has 0 aliphatic heterocycles. The number of hydrogen-bond acceptors (Lipinski definition) is 6. The van der Waals surface area contributed by atoms with Crippen molar-refractivity contribution in [3.05, 3.63) is 40.1 Å². The Morgan fingerprint density at radius 2 is 2.26 bits per heavy atom. The van der Waals surface area contributed by atoms with Gasteiger partial charge in [-0.25, -0.2) is 0 Å². The molecule has 0 bridgehead atoms. The topological polar surface area (TPSA) is 98.6 Å². The summed E-state index contributed by atoms with van der Waals surface area (Å²) in [7, 11) is 0. The van der Waals surface area contributed by atoms with Gasteiger partial charge >= 0.3 is 5.69 Å². The molecule has 0 spiro atoms. The number of benzene rings is 1. The number of nitro groups is 1. The van der Waals surface area contributed by atoms with Crippen molar-refractivity contribution in [1.29, 1.82) is 0 Å². The summed E-state index contributed by atoms with van der Waals surface area (Å²) in [5, 5.41) is 23.6. The highest BCUT2D eigenvalue weighted by atomic mass is 16.6. The summed E-state index contributed by atoms with van der Waals surface area (Å²) >= 11 is 0. The second kappa shape index (κ2) is 5.49. The fourth-order valence-electron chi connectivity index (χ4n) is 1.62. The van der Waals surface area contributed by atoms with E-state index in [1.807, 2.05) is 0 Å². The summed E-state index contributed by atoms with van der Waals surface area (Å²) in [6.07, 6.45) is 0. The van der Waals surface area contributed by atoms with E-state index < -0.39 is 4.92 Å². The van der Waals surface area contributed by atoms with Crippen molar-refractivity contribution in [2.75, 3.05) is 6.61 Å². The van der Waals surface area contributed by atoms with E-state index >= 15 is 0 Å². The fraction of sp³-hybridized carbons (Fsp3) is 0.250. The van der Waals surface area contributed by atoms with Crippen LogP contribution in [0.1, 0.15) is 12.7 Å². The Labute approximate surface area is 108 Å². The van der Waals surface area contributed by atoms with E-state index in [0.717, 1.165) is 0 Å². The number of aliphatic hydroxyl groups is 1. The monoisotopic (exact) mass is 264 g/mol. The lowest BCUT2D eigenvalue weighted by atomic mass is 10.1. The van der Waals surface area contributed by atoms with E-state index in [2.05, 4.69) is 5.16 Å². The molecule has 0 fully saturated rings. The SMILES string of the molecule is CCOc1ccc(-c2cc(CO)on2)cc1[N+](=O)[O-]. The number of nitro benzene ring substituents is 1. The van der Waals surface area contributed by atoms with Crippen LogP contribution < -0.4 is 4.74 Å². The zero-order chi connectivity index (χ0) is 13.8. The molecule has 1 aromatic heterocycles. The Morgan fingerprint density at radius 1 is 1.47 bits per heavy atom. The number of rotatable bonds is 5. The van der Waals surface area contributed by atoms with E-state index in [-0.39, 0.29) is 18.0 Å². The number of hydrogen-bond donors (Lipinski definition) is 1. The van der Waals surface area contributed by atoms with Gasteiger partial charge in [0.2, 0.25) is 0 Å². The molecule has 7 nitrogen and oxygen atoms in total. The maximum Gasteiger partial charge on any atom is 0.311 e. The maximum atomic E-state index is 11.0. The average molecular weight is 264 g/mol. The molecule has 1 N–H and O–H groups in total. The Balaban J connectivity index is 2.42. The molecular formula is C12H12N2O5. The van der Waals surface area contributed by atoms with E-state index in [4.69, 9.17) is 14.4 Å². The summed E-state index contributed by atoms with van der Waals surface area (Å²) in [5.41, 5.74) is 0.821. The molecule has 1 heterocycles. The first-order valence-corrected chi connectivity index (χ1v) is 5.63. The highest BCUT2D eigenvalue weighted by Gasteiger charge is 2.17. The first-order chi connectivity index (χ1) is 9.15. The molecule has 7 heteroatoms. The lowest BCUT2D eigenvalue weighted by molar-refractivity contribution is -0.385. The molecule has 2 aromatic rings. The van der Waals surface area contributed by atoms with Crippen LogP contribution in [-0.4, -0.2) is 21.8 Å². The Hall–Kier alpha value is -2.41. The van der Waals surface area contributed by atoms with E-state index in [1.165, 1.54) is 18.2 Å². The zero-order valence-electron chi connectivity index (χ0n) is 10.2. The summed E-state index contributed by atoms with van der Waals surface area (Å²) in [4.78, 5) is 10.5. The van der Waals surface area contributed by atoms with Crippen LogP contribution in [0.4, 0.5) is 5.69 Å². The van der Waals surface area contributed by atoms with Gasteiger partial charge < -0.3 is 14.4 Å². The van der Waals surface area contributed by atoms with Gasteiger partial charge in [0.15, 0.2) is 11.5 Å². The molecule has 2 rings (SSSR count). The first-order valence-electron chi connectivity index (χ1n) is 5.63. The summed E-state index contributed by atoms with van der Waals surface area (Å²) in [6, 6.07) is 6.06. The molecular weight excluding hydrogens is 252 g/mol. The van der Waals surface area contributed by atoms with Crippen LogP contribution in [0.3, 0.4) is 0 Å². The minimum Gasteiger partial charge on any atom is -0.487 e. The predicted octanol–water partition coefficient (Wildman–Crippen LogP) is 2.14. The maximum absolute atomic E-state index is 11.0. The molecule has 0 atom stereocenters. The summed E-state index contributed by atoms with van der Waals surface area (Å²) < 4.78 is 10.0. The highest BCUT2D eigenvalue weighted by Crippen LogP contribution is 2.32. The van der Waals surface area contributed by atoms with Crippen molar-refractivity contribution in [2.45, 2.75) is 13.5 Å². The molecule has 0 amide bonds. The Bertz CT molecular complexity index is 594. The third kappa shape index (κ3) is 2.71. The normalized spacial score (nSPS) is 10.4. The predicted molar refractivity (Wildman–Crippen MR) is 65.7 cm³/mol. The van der Waals surface area contributed by atoms with Crippen LogP contribution in [0.15, 0.2) is 28.8 Å². The van der Waals surface area contributed by atoms with E-state index in [9.17, 15) is 10.1 Å². The zero-order valence-corrected chi connectivity index (χ0v) is 10.2. The number of aromatic nitrogens is 1. The van der Waals surface area contributed by atoms with Crippen molar-refractivity contribution in [3.63, 3.8) is 0 Å². The molecule has 0 aliphatic rings. The van der Waals surface area contributed by atoms with Gasteiger partial charge in [-0.15, -0.1) is 0 Å². The fourth-order valence-corrected chi connectivity index (χ4v) is 1.62. The Morgan fingerprint density at radius 3 is 2.84 bits per heavy atom.